The van der Waals surface area contributed by atoms with E-state index in [1.807, 2.05) is 11.3 Å². The van der Waals surface area contributed by atoms with Crippen molar-refractivity contribution in [3.8, 4) is 10.6 Å². The Bertz CT molecular complexity index is 755. The molecule has 3 rings (SSSR count). The van der Waals surface area contributed by atoms with E-state index >= 15 is 0 Å². The Labute approximate surface area is 125 Å². The molecule has 1 aromatic heterocycles. The van der Waals surface area contributed by atoms with Crippen molar-refractivity contribution in [3.63, 3.8) is 0 Å². The number of rotatable bonds is 1. The maximum absolute atomic E-state index is 4.89. The number of fused-ring (bicyclic) bond motifs is 1. The monoisotopic (exact) mass is 279 g/mol. The van der Waals surface area contributed by atoms with Crippen molar-refractivity contribution in [1.82, 2.24) is 4.98 Å². The Kier molecular flexibility index (Phi) is 3.17. The molecule has 2 aromatic carbocycles. The Balaban J connectivity index is 2.28. The summed E-state index contributed by atoms with van der Waals surface area (Å²) in [4.78, 5) is 4.89. The molecule has 0 spiro atoms. The molecule has 3 heteroatoms. The summed E-state index contributed by atoms with van der Waals surface area (Å²) >= 11 is 1.81. The van der Waals surface area contributed by atoms with Gasteiger partial charge in [0.25, 0.3) is 0 Å². The molecule has 0 fully saturated rings. The zero-order valence-electron chi connectivity index (χ0n) is 12.7. The van der Waals surface area contributed by atoms with Crippen molar-refractivity contribution < 1.29 is 0 Å². The van der Waals surface area contributed by atoms with Gasteiger partial charge in [-0.25, -0.2) is 4.98 Å². The summed E-state index contributed by atoms with van der Waals surface area (Å²) in [6, 6.07) is 8.63. The molecule has 0 aliphatic carbocycles. The highest BCUT2D eigenvalue weighted by atomic mass is 32.1. The van der Waals surface area contributed by atoms with Crippen LogP contribution in [0.3, 0.4) is 0 Å². The first-order chi connectivity index (χ1) is 9.49. The lowest BCUT2D eigenvalue weighted by Gasteiger charge is -2.09. The van der Waals surface area contributed by atoms with E-state index in [9.17, 15) is 0 Å². The van der Waals surface area contributed by atoms with E-state index < -0.39 is 0 Å². The van der Waals surface area contributed by atoms with Crippen LogP contribution in [0.15, 0.2) is 24.3 Å². The fraction of sp³-hybridized carbons (Fsp3) is 0.235. The second-order valence-electron chi connectivity index (χ2n) is 5.56. The lowest BCUT2D eigenvalue weighted by Crippen LogP contribution is -1.98. The fourth-order valence-corrected chi connectivity index (χ4v) is 3.74. The van der Waals surface area contributed by atoms with E-state index in [4.69, 9.17) is 4.98 Å². The van der Waals surface area contributed by atoms with Crippen molar-refractivity contribution in [3.05, 3.63) is 46.5 Å². The quantitative estimate of drug-likeness (QED) is 0.622. The Morgan fingerprint density at radius 1 is 0.850 bits per heavy atom. The molecule has 0 unspecified atom stereocenters. The van der Waals surface area contributed by atoms with Gasteiger partial charge in [-0.3, -0.25) is 0 Å². The summed E-state index contributed by atoms with van der Waals surface area (Å²) < 4.78 is 1.33. The molecular weight excluding hydrogens is 261 g/mol. The van der Waals surface area contributed by atoms with E-state index in [2.05, 4.69) is 59.8 Å². The van der Waals surface area contributed by atoms with Crippen LogP contribution in [0, 0.1) is 27.7 Å². The number of thiazole rings is 1. The van der Waals surface area contributed by atoms with Gasteiger partial charge in [0.1, 0.15) is 12.9 Å². The van der Waals surface area contributed by atoms with Crippen LogP contribution in [-0.2, 0) is 0 Å². The van der Waals surface area contributed by atoms with Gasteiger partial charge in [0.2, 0.25) is 0 Å². The second-order valence-corrected chi connectivity index (χ2v) is 6.56. The molecule has 0 radical (unpaired) electrons. The highest BCUT2D eigenvalue weighted by Gasteiger charge is 2.14. The summed E-state index contributed by atoms with van der Waals surface area (Å²) in [7, 11) is 2.11. The first-order valence-corrected chi connectivity index (χ1v) is 7.74. The van der Waals surface area contributed by atoms with Gasteiger partial charge in [-0.2, -0.15) is 0 Å². The van der Waals surface area contributed by atoms with Crippen LogP contribution in [-0.4, -0.2) is 12.8 Å². The highest BCUT2D eigenvalue weighted by Crippen LogP contribution is 2.36. The molecule has 0 aliphatic heterocycles. The Hall–Kier alpha value is -1.61. The number of hydrogen-bond acceptors (Lipinski definition) is 2. The number of benzene rings is 2. The second kappa shape index (κ2) is 4.74. The van der Waals surface area contributed by atoms with Crippen LogP contribution in [0.25, 0.3) is 20.8 Å². The van der Waals surface area contributed by atoms with Crippen LogP contribution in [0.4, 0.5) is 0 Å². The van der Waals surface area contributed by atoms with E-state index in [1.165, 1.54) is 43.5 Å². The third-order valence-electron chi connectivity index (χ3n) is 4.31. The average Bonchev–Trinajstić information content (AvgIpc) is 2.89. The summed E-state index contributed by atoms with van der Waals surface area (Å²) in [6.07, 6.45) is 0. The summed E-state index contributed by atoms with van der Waals surface area (Å²) in [5.74, 6) is 0. The number of nitrogens with zero attached hydrogens (tertiary/aromatic N) is 1. The van der Waals surface area contributed by atoms with Gasteiger partial charge in [-0.15, -0.1) is 11.3 Å². The van der Waals surface area contributed by atoms with Gasteiger partial charge in [0.15, 0.2) is 0 Å². The summed E-state index contributed by atoms with van der Waals surface area (Å²) in [5, 5.41) is 1.12. The Morgan fingerprint density at radius 2 is 1.45 bits per heavy atom. The summed E-state index contributed by atoms with van der Waals surface area (Å²) in [5.41, 5.74) is 9.13. The minimum atomic E-state index is 1.12. The van der Waals surface area contributed by atoms with E-state index in [-0.39, 0.29) is 0 Å². The molecule has 20 heavy (non-hydrogen) atoms. The molecule has 1 heterocycles. The maximum atomic E-state index is 4.89. The lowest BCUT2D eigenvalue weighted by atomic mass is 9.95. The topological polar surface area (TPSA) is 12.9 Å². The molecule has 0 bridgehead atoms. The van der Waals surface area contributed by atoms with Gasteiger partial charge >= 0.3 is 0 Å². The van der Waals surface area contributed by atoms with Gasteiger partial charge in [-0.05, 0) is 49.9 Å². The number of aromatic nitrogens is 1. The fourth-order valence-electron chi connectivity index (χ4n) is 2.56. The maximum Gasteiger partial charge on any atom is 0.139 e. The standard InChI is InChI=1S/C17H18BNS/c1-9-10(2)12(4)16-15(11(9)3)19-17(20-16)13-5-7-14(18)8-6-13/h5-8H,18H2,1-4H3. The molecule has 0 saturated heterocycles. The minimum Gasteiger partial charge on any atom is -0.236 e. The highest BCUT2D eigenvalue weighted by molar-refractivity contribution is 7.21. The van der Waals surface area contributed by atoms with Crippen LogP contribution >= 0.6 is 11.3 Å². The molecule has 1 nitrogen and oxygen atoms in total. The SMILES string of the molecule is Bc1ccc(-c2nc3c(C)c(C)c(C)c(C)c3s2)cc1. The first-order valence-electron chi connectivity index (χ1n) is 6.93. The van der Waals surface area contributed by atoms with Gasteiger partial charge in [0, 0.05) is 5.56 Å². The van der Waals surface area contributed by atoms with Crippen molar-refractivity contribution in [1.29, 1.82) is 0 Å². The zero-order chi connectivity index (χ0) is 14.4. The zero-order valence-corrected chi connectivity index (χ0v) is 13.5. The van der Waals surface area contributed by atoms with Crippen molar-refractivity contribution in [2.45, 2.75) is 27.7 Å². The molecular formula is C17H18BNS. The molecule has 0 atom stereocenters. The predicted octanol–water partition coefficient (Wildman–Crippen LogP) is 3.46. The van der Waals surface area contributed by atoms with Crippen LogP contribution in [0.5, 0.6) is 0 Å². The van der Waals surface area contributed by atoms with Gasteiger partial charge in [0.05, 0.1) is 10.2 Å². The molecule has 0 aliphatic rings. The largest absolute Gasteiger partial charge is 0.236 e. The number of hydrogen-bond donors (Lipinski definition) is 0. The third kappa shape index (κ3) is 1.97. The minimum absolute atomic E-state index is 1.12. The van der Waals surface area contributed by atoms with Crippen molar-refractivity contribution >= 4 is 34.9 Å². The molecule has 0 amide bonds. The molecule has 3 aromatic rings. The lowest BCUT2D eigenvalue weighted by molar-refractivity contribution is 1.24. The molecule has 0 N–H and O–H groups in total. The van der Waals surface area contributed by atoms with Crippen LogP contribution in [0.1, 0.15) is 22.3 Å². The predicted molar refractivity (Wildman–Crippen MR) is 92.2 cm³/mol. The Morgan fingerprint density at radius 3 is 2.10 bits per heavy atom. The number of aryl methyl sites for hydroxylation is 2. The molecule has 100 valence electrons. The first kappa shape index (κ1) is 13.4. The smallest absolute Gasteiger partial charge is 0.139 e. The van der Waals surface area contributed by atoms with E-state index in [0.29, 0.717) is 0 Å². The summed E-state index contributed by atoms with van der Waals surface area (Å²) in [6.45, 7) is 8.80. The van der Waals surface area contributed by atoms with E-state index in [0.717, 1.165) is 5.01 Å². The third-order valence-corrected chi connectivity index (χ3v) is 5.53. The van der Waals surface area contributed by atoms with E-state index in [1.54, 1.807) is 0 Å². The molecule has 0 saturated carbocycles. The van der Waals surface area contributed by atoms with Gasteiger partial charge in [-0.1, -0.05) is 29.7 Å². The average molecular weight is 279 g/mol. The normalized spacial score (nSPS) is 11.2. The van der Waals surface area contributed by atoms with Crippen LogP contribution < -0.4 is 5.46 Å². The van der Waals surface area contributed by atoms with Gasteiger partial charge < -0.3 is 0 Å². The van der Waals surface area contributed by atoms with Crippen molar-refractivity contribution in [2.75, 3.05) is 0 Å². The van der Waals surface area contributed by atoms with Crippen LogP contribution in [0.2, 0.25) is 0 Å². The van der Waals surface area contributed by atoms with Crippen molar-refractivity contribution in [2.24, 2.45) is 0 Å².